The predicted octanol–water partition coefficient (Wildman–Crippen LogP) is 0.979. The molecule has 70 valence electrons. The van der Waals surface area contributed by atoms with Gasteiger partial charge < -0.3 is 5.32 Å². The molecule has 0 aliphatic carbocycles. The van der Waals surface area contributed by atoms with Crippen LogP contribution in [0.2, 0.25) is 0 Å². The minimum atomic E-state index is 0.126. The molecular formula is C8H15IN2O. The second-order valence-electron chi connectivity index (χ2n) is 3.06. The van der Waals surface area contributed by atoms with Crippen molar-refractivity contribution in [3.8, 4) is 0 Å². The molecule has 12 heavy (non-hydrogen) atoms. The SMILES string of the molecule is CNC(=O)C1CCCCN1CI. The summed E-state index contributed by atoms with van der Waals surface area (Å²) < 4.78 is 0.954. The summed E-state index contributed by atoms with van der Waals surface area (Å²) in [6, 6.07) is 0.126. The second kappa shape index (κ2) is 5.01. The van der Waals surface area contributed by atoms with E-state index in [0.717, 1.165) is 17.5 Å². The summed E-state index contributed by atoms with van der Waals surface area (Å²) in [4.78, 5) is 13.6. The van der Waals surface area contributed by atoms with Crippen molar-refractivity contribution >= 4 is 28.5 Å². The smallest absolute Gasteiger partial charge is 0.237 e. The number of nitrogens with one attached hydrogen (secondary N) is 1. The summed E-state index contributed by atoms with van der Waals surface area (Å²) in [7, 11) is 1.71. The molecule has 1 heterocycles. The van der Waals surface area contributed by atoms with E-state index in [2.05, 4.69) is 32.8 Å². The first kappa shape index (κ1) is 10.2. The number of carbonyl (C=O) groups is 1. The van der Waals surface area contributed by atoms with Gasteiger partial charge in [0.05, 0.1) is 10.6 Å². The Morgan fingerprint density at radius 1 is 1.67 bits per heavy atom. The highest BCUT2D eigenvalue weighted by Gasteiger charge is 2.26. The van der Waals surface area contributed by atoms with Crippen molar-refractivity contribution in [2.75, 3.05) is 18.1 Å². The van der Waals surface area contributed by atoms with Crippen molar-refractivity contribution in [2.24, 2.45) is 0 Å². The third-order valence-electron chi connectivity index (χ3n) is 2.32. The molecule has 1 unspecified atom stereocenters. The quantitative estimate of drug-likeness (QED) is 0.465. The summed E-state index contributed by atoms with van der Waals surface area (Å²) in [5.41, 5.74) is 0. The molecular weight excluding hydrogens is 267 g/mol. The first-order chi connectivity index (χ1) is 5.79. The van der Waals surface area contributed by atoms with Crippen molar-refractivity contribution in [2.45, 2.75) is 25.3 Å². The Morgan fingerprint density at radius 3 is 3.00 bits per heavy atom. The Kier molecular flexibility index (Phi) is 4.28. The van der Waals surface area contributed by atoms with Gasteiger partial charge in [-0.15, -0.1) is 0 Å². The lowest BCUT2D eigenvalue weighted by atomic mass is 10.0. The number of piperidine rings is 1. The van der Waals surface area contributed by atoms with Crippen molar-refractivity contribution in [1.82, 2.24) is 10.2 Å². The lowest BCUT2D eigenvalue weighted by Crippen LogP contribution is -2.47. The summed E-state index contributed by atoms with van der Waals surface area (Å²) >= 11 is 2.32. The van der Waals surface area contributed by atoms with Crippen LogP contribution in [0.15, 0.2) is 0 Å². The number of alkyl halides is 1. The van der Waals surface area contributed by atoms with Crippen LogP contribution in [-0.4, -0.2) is 35.0 Å². The van der Waals surface area contributed by atoms with Crippen LogP contribution in [-0.2, 0) is 4.79 Å². The van der Waals surface area contributed by atoms with Gasteiger partial charge >= 0.3 is 0 Å². The molecule has 0 saturated carbocycles. The van der Waals surface area contributed by atoms with Crippen LogP contribution < -0.4 is 5.32 Å². The number of halogens is 1. The minimum absolute atomic E-state index is 0.126. The average molecular weight is 282 g/mol. The van der Waals surface area contributed by atoms with Gasteiger partial charge in [0.1, 0.15) is 0 Å². The molecule has 0 bridgehead atoms. The zero-order valence-corrected chi connectivity index (χ0v) is 9.50. The maximum Gasteiger partial charge on any atom is 0.237 e. The van der Waals surface area contributed by atoms with Gasteiger partial charge in [-0.3, -0.25) is 9.69 Å². The number of hydrogen-bond acceptors (Lipinski definition) is 2. The molecule has 0 spiro atoms. The normalized spacial score (nSPS) is 25.3. The van der Waals surface area contributed by atoms with E-state index in [9.17, 15) is 4.79 Å². The third-order valence-corrected chi connectivity index (χ3v) is 3.19. The summed E-state index contributed by atoms with van der Waals surface area (Å²) in [6.07, 6.45) is 3.43. The molecule has 1 saturated heterocycles. The Morgan fingerprint density at radius 2 is 2.42 bits per heavy atom. The molecule has 1 aliphatic rings. The van der Waals surface area contributed by atoms with Crippen molar-refractivity contribution in [3.05, 3.63) is 0 Å². The Balaban J connectivity index is 2.52. The molecule has 1 fully saturated rings. The van der Waals surface area contributed by atoms with E-state index in [1.165, 1.54) is 12.8 Å². The second-order valence-corrected chi connectivity index (χ2v) is 3.74. The topological polar surface area (TPSA) is 32.3 Å². The predicted molar refractivity (Wildman–Crippen MR) is 57.3 cm³/mol. The van der Waals surface area contributed by atoms with Crippen LogP contribution in [0.3, 0.4) is 0 Å². The van der Waals surface area contributed by atoms with E-state index < -0.39 is 0 Å². The molecule has 0 radical (unpaired) electrons. The van der Waals surface area contributed by atoms with E-state index in [-0.39, 0.29) is 11.9 Å². The molecule has 4 heteroatoms. The van der Waals surface area contributed by atoms with Crippen molar-refractivity contribution in [3.63, 3.8) is 0 Å². The maximum absolute atomic E-state index is 11.4. The van der Waals surface area contributed by atoms with E-state index in [1.54, 1.807) is 7.05 Å². The first-order valence-electron chi connectivity index (χ1n) is 4.31. The maximum atomic E-state index is 11.4. The zero-order chi connectivity index (χ0) is 8.97. The molecule has 1 atom stereocenters. The number of carbonyl (C=O) groups excluding carboxylic acids is 1. The Hall–Kier alpha value is 0.160. The molecule has 0 aromatic rings. The van der Waals surface area contributed by atoms with Gasteiger partial charge in [-0.1, -0.05) is 29.0 Å². The molecule has 1 aliphatic heterocycles. The van der Waals surface area contributed by atoms with Crippen LogP contribution in [0.25, 0.3) is 0 Å². The van der Waals surface area contributed by atoms with Crippen LogP contribution in [0.5, 0.6) is 0 Å². The highest BCUT2D eigenvalue weighted by molar-refractivity contribution is 14.1. The molecule has 1 rings (SSSR count). The van der Waals surface area contributed by atoms with Gasteiger partial charge in [0.15, 0.2) is 0 Å². The van der Waals surface area contributed by atoms with Crippen LogP contribution >= 0.6 is 22.6 Å². The van der Waals surface area contributed by atoms with Gasteiger partial charge in [0, 0.05) is 7.05 Å². The fraction of sp³-hybridized carbons (Fsp3) is 0.875. The van der Waals surface area contributed by atoms with Crippen LogP contribution in [0.4, 0.5) is 0 Å². The number of hydrogen-bond donors (Lipinski definition) is 1. The van der Waals surface area contributed by atoms with Gasteiger partial charge in [-0.2, -0.15) is 0 Å². The highest BCUT2D eigenvalue weighted by Crippen LogP contribution is 2.17. The Bertz CT molecular complexity index is 163. The molecule has 3 nitrogen and oxygen atoms in total. The minimum Gasteiger partial charge on any atom is -0.358 e. The molecule has 0 aromatic carbocycles. The largest absolute Gasteiger partial charge is 0.358 e. The lowest BCUT2D eigenvalue weighted by molar-refractivity contribution is -0.126. The number of likely N-dealkylation sites (tertiary alicyclic amines) is 1. The summed E-state index contributed by atoms with van der Waals surface area (Å²) in [5, 5.41) is 2.72. The van der Waals surface area contributed by atoms with Gasteiger partial charge in [0.2, 0.25) is 5.91 Å². The van der Waals surface area contributed by atoms with E-state index in [0.29, 0.717) is 0 Å². The van der Waals surface area contributed by atoms with Crippen molar-refractivity contribution in [1.29, 1.82) is 0 Å². The first-order valence-corrected chi connectivity index (χ1v) is 5.83. The van der Waals surface area contributed by atoms with E-state index in [1.807, 2.05) is 0 Å². The third kappa shape index (κ3) is 2.32. The highest BCUT2D eigenvalue weighted by atomic mass is 127. The summed E-state index contributed by atoms with van der Waals surface area (Å²) in [6.45, 7) is 1.07. The standard InChI is InChI=1S/C8H15IN2O/c1-10-8(12)7-4-2-3-5-11(7)6-9/h7H,2-6H2,1H3,(H,10,12). The molecule has 1 N–H and O–H groups in total. The van der Waals surface area contributed by atoms with Crippen LogP contribution in [0.1, 0.15) is 19.3 Å². The molecule has 0 aromatic heterocycles. The monoisotopic (exact) mass is 282 g/mol. The number of rotatable bonds is 2. The molecule has 1 amide bonds. The fourth-order valence-electron chi connectivity index (χ4n) is 1.60. The lowest BCUT2D eigenvalue weighted by Gasteiger charge is -2.32. The van der Waals surface area contributed by atoms with Crippen molar-refractivity contribution < 1.29 is 4.79 Å². The zero-order valence-electron chi connectivity index (χ0n) is 7.35. The van der Waals surface area contributed by atoms with Gasteiger partial charge in [-0.25, -0.2) is 0 Å². The number of amides is 1. The Labute approximate surface area is 87.0 Å². The van der Waals surface area contributed by atoms with E-state index >= 15 is 0 Å². The fourth-order valence-corrected chi connectivity index (χ4v) is 2.41. The van der Waals surface area contributed by atoms with Crippen LogP contribution in [0, 0.1) is 0 Å². The number of likely N-dealkylation sites (N-methyl/N-ethyl adjacent to an activating group) is 1. The van der Waals surface area contributed by atoms with Gasteiger partial charge in [0.25, 0.3) is 0 Å². The van der Waals surface area contributed by atoms with E-state index in [4.69, 9.17) is 0 Å². The van der Waals surface area contributed by atoms with Gasteiger partial charge in [-0.05, 0) is 19.4 Å². The average Bonchev–Trinajstić information content (AvgIpc) is 2.16. The number of nitrogens with zero attached hydrogens (tertiary/aromatic N) is 1. The summed E-state index contributed by atoms with van der Waals surface area (Å²) in [5.74, 6) is 0.173.